The fraction of sp³-hybridized carbons (Fsp3) is 0.290. The first-order chi connectivity index (χ1) is 21.0. The van der Waals surface area contributed by atoms with Crippen LogP contribution in [0.25, 0.3) is 0 Å². The van der Waals surface area contributed by atoms with Crippen molar-refractivity contribution in [3.63, 3.8) is 0 Å². The van der Waals surface area contributed by atoms with Crippen LogP contribution in [0.2, 0.25) is 10.0 Å². The van der Waals surface area contributed by atoms with Crippen molar-refractivity contribution >= 4 is 74.2 Å². The van der Waals surface area contributed by atoms with Crippen LogP contribution >= 0.6 is 39.1 Å². The number of benzene rings is 3. The molecule has 13 heteroatoms. The van der Waals surface area contributed by atoms with E-state index in [4.69, 9.17) is 28.9 Å². The number of hydrogen-bond acceptors (Lipinski definition) is 6. The van der Waals surface area contributed by atoms with Gasteiger partial charge in [0.2, 0.25) is 5.91 Å². The van der Waals surface area contributed by atoms with E-state index >= 15 is 0 Å². The first kappa shape index (κ1) is 33.3. The molecule has 232 valence electrons. The maximum absolute atomic E-state index is 13.7. The number of amides is 3. The Morgan fingerprint density at radius 3 is 2.50 bits per heavy atom. The number of halogens is 3. The SMILES string of the molecule is NCCCC[C@@H](CNC(=O)CNC(=O)c1ccc(Br)cc1NC1(Cc2cccc(Cl)c2)C(=O)Nc2cc(Cl)ccc21)C(=O)O. The van der Waals surface area contributed by atoms with Crippen LogP contribution in [0.5, 0.6) is 0 Å². The highest BCUT2D eigenvalue weighted by Gasteiger charge is 2.47. The Morgan fingerprint density at radius 1 is 1.00 bits per heavy atom. The summed E-state index contributed by atoms with van der Waals surface area (Å²) in [6.45, 7) is 0.0219. The van der Waals surface area contributed by atoms with Crippen LogP contribution in [0.3, 0.4) is 0 Å². The highest BCUT2D eigenvalue weighted by Crippen LogP contribution is 2.43. The zero-order valence-corrected chi connectivity index (χ0v) is 26.7. The molecule has 0 aromatic heterocycles. The Labute approximate surface area is 273 Å². The molecule has 4 rings (SSSR count). The van der Waals surface area contributed by atoms with Gasteiger partial charge in [-0.3, -0.25) is 19.2 Å². The molecule has 1 heterocycles. The van der Waals surface area contributed by atoms with Crippen LogP contribution in [-0.4, -0.2) is 48.4 Å². The number of nitrogens with two attached hydrogens (primary N) is 1. The molecule has 1 aliphatic heterocycles. The van der Waals surface area contributed by atoms with Crippen LogP contribution in [0.15, 0.2) is 65.1 Å². The Morgan fingerprint density at radius 2 is 1.77 bits per heavy atom. The molecule has 44 heavy (non-hydrogen) atoms. The molecule has 1 unspecified atom stereocenters. The van der Waals surface area contributed by atoms with Gasteiger partial charge in [-0.05, 0) is 67.4 Å². The molecule has 10 nitrogen and oxygen atoms in total. The molecule has 0 saturated carbocycles. The summed E-state index contributed by atoms with van der Waals surface area (Å²) in [5, 5.41) is 21.8. The molecule has 0 fully saturated rings. The number of nitrogens with one attached hydrogen (secondary N) is 4. The van der Waals surface area contributed by atoms with E-state index in [9.17, 15) is 24.3 Å². The van der Waals surface area contributed by atoms with E-state index in [1.54, 1.807) is 54.6 Å². The topological polar surface area (TPSA) is 163 Å². The largest absolute Gasteiger partial charge is 0.481 e. The number of carboxylic acid groups (broad SMARTS) is 1. The first-order valence-corrected chi connectivity index (χ1v) is 15.5. The van der Waals surface area contributed by atoms with Crippen LogP contribution in [0, 0.1) is 5.92 Å². The van der Waals surface area contributed by atoms with Gasteiger partial charge in [0, 0.05) is 44.4 Å². The minimum Gasteiger partial charge on any atom is -0.481 e. The van der Waals surface area contributed by atoms with Crippen molar-refractivity contribution in [2.24, 2.45) is 11.7 Å². The second-order valence-electron chi connectivity index (χ2n) is 10.5. The lowest BCUT2D eigenvalue weighted by Gasteiger charge is -2.31. The van der Waals surface area contributed by atoms with E-state index in [1.165, 1.54) is 0 Å². The van der Waals surface area contributed by atoms with E-state index in [1.807, 2.05) is 6.07 Å². The van der Waals surface area contributed by atoms with Crippen molar-refractivity contribution in [1.82, 2.24) is 10.6 Å². The predicted molar refractivity (Wildman–Crippen MR) is 174 cm³/mol. The average molecular weight is 705 g/mol. The number of fused-ring (bicyclic) bond motifs is 1. The highest BCUT2D eigenvalue weighted by atomic mass is 79.9. The van der Waals surface area contributed by atoms with Gasteiger partial charge in [-0.2, -0.15) is 0 Å². The Kier molecular flexibility index (Phi) is 11.3. The Bertz CT molecular complexity index is 1570. The summed E-state index contributed by atoms with van der Waals surface area (Å²) >= 11 is 15.9. The lowest BCUT2D eigenvalue weighted by atomic mass is 9.84. The van der Waals surface area contributed by atoms with Crippen LogP contribution in [0.4, 0.5) is 11.4 Å². The molecule has 3 aromatic carbocycles. The molecule has 0 aliphatic carbocycles. The van der Waals surface area contributed by atoms with Crippen molar-refractivity contribution in [2.45, 2.75) is 31.2 Å². The molecule has 1 aliphatic rings. The minimum atomic E-state index is -1.34. The summed E-state index contributed by atoms with van der Waals surface area (Å²) in [6, 6.07) is 17.2. The number of aliphatic carboxylic acids is 1. The van der Waals surface area contributed by atoms with Gasteiger partial charge in [0.1, 0.15) is 5.54 Å². The second-order valence-corrected chi connectivity index (χ2v) is 12.3. The normalized spacial score (nSPS) is 16.0. The third-order valence-electron chi connectivity index (χ3n) is 7.32. The van der Waals surface area contributed by atoms with Gasteiger partial charge >= 0.3 is 5.97 Å². The third kappa shape index (κ3) is 8.09. The standard InChI is InChI=1S/C31H32BrCl2N5O5/c32-20-7-9-23(28(41)37-17-27(40)36-16-19(29(42)43)5-1-2-11-35)25(13-20)39-31(15-18-4-3-6-21(33)12-18)24-10-8-22(34)14-26(24)38-30(31)44/h3-4,6-10,12-14,19,39H,1-2,5,11,15-17,35H2,(H,36,40)(H,37,41)(H,38,44)(H,42,43)/t19-,31?/m0/s1. The maximum Gasteiger partial charge on any atom is 0.308 e. The number of carbonyl (C=O) groups is 4. The molecular formula is C31H32BrCl2N5O5. The van der Waals surface area contributed by atoms with Gasteiger partial charge in [0.15, 0.2) is 0 Å². The first-order valence-electron chi connectivity index (χ1n) is 13.9. The maximum atomic E-state index is 13.7. The third-order valence-corrected chi connectivity index (χ3v) is 8.28. The van der Waals surface area contributed by atoms with Crippen molar-refractivity contribution in [1.29, 1.82) is 0 Å². The van der Waals surface area contributed by atoms with Gasteiger partial charge in [-0.25, -0.2) is 0 Å². The Balaban J connectivity index is 1.56. The van der Waals surface area contributed by atoms with E-state index in [0.717, 1.165) is 5.56 Å². The number of carboxylic acids is 1. The molecule has 0 radical (unpaired) electrons. The van der Waals surface area contributed by atoms with Gasteiger partial charge in [0.25, 0.3) is 11.8 Å². The number of hydrogen-bond donors (Lipinski definition) is 6. The van der Waals surface area contributed by atoms with E-state index < -0.39 is 29.2 Å². The summed E-state index contributed by atoms with van der Waals surface area (Å²) in [4.78, 5) is 51.1. The summed E-state index contributed by atoms with van der Waals surface area (Å²) in [5.74, 6) is -3.22. The van der Waals surface area contributed by atoms with Crippen molar-refractivity contribution < 1.29 is 24.3 Å². The number of carbonyl (C=O) groups excluding carboxylic acids is 3. The van der Waals surface area contributed by atoms with Crippen molar-refractivity contribution in [3.8, 4) is 0 Å². The van der Waals surface area contributed by atoms with E-state index in [-0.39, 0.29) is 31.0 Å². The lowest BCUT2D eigenvalue weighted by Crippen LogP contribution is -2.45. The summed E-state index contributed by atoms with van der Waals surface area (Å²) in [5.41, 5.74) is 6.62. The van der Waals surface area contributed by atoms with E-state index in [0.29, 0.717) is 57.3 Å². The summed E-state index contributed by atoms with van der Waals surface area (Å²) in [7, 11) is 0. The number of unbranched alkanes of at least 4 members (excludes halogenated alkanes) is 1. The van der Waals surface area contributed by atoms with Crippen molar-refractivity contribution in [3.05, 3.63) is 91.9 Å². The van der Waals surface area contributed by atoms with Gasteiger partial charge in [-0.15, -0.1) is 0 Å². The quantitative estimate of drug-likeness (QED) is 0.130. The summed E-state index contributed by atoms with van der Waals surface area (Å²) < 4.78 is 0.649. The molecule has 0 saturated heterocycles. The van der Waals surface area contributed by atoms with Gasteiger partial charge in [-0.1, -0.05) is 63.8 Å². The van der Waals surface area contributed by atoms with Gasteiger partial charge < -0.3 is 32.1 Å². The molecule has 0 spiro atoms. The van der Waals surface area contributed by atoms with E-state index in [2.05, 4.69) is 37.2 Å². The molecule has 0 bridgehead atoms. The minimum absolute atomic E-state index is 0.0652. The second kappa shape index (κ2) is 14.9. The zero-order valence-electron chi connectivity index (χ0n) is 23.6. The number of anilines is 2. The molecule has 3 aromatic rings. The van der Waals surface area contributed by atoms with Crippen molar-refractivity contribution in [2.75, 3.05) is 30.3 Å². The lowest BCUT2D eigenvalue weighted by molar-refractivity contribution is -0.142. The molecular weight excluding hydrogens is 673 g/mol. The monoisotopic (exact) mass is 703 g/mol. The Hall–Kier alpha value is -3.64. The van der Waals surface area contributed by atoms with Crippen LogP contribution in [-0.2, 0) is 26.3 Å². The smallest absolute Gasteiger partial charge is 0.308 e. The average Bonchev–Trinajstić information content (AvgIpc) is 3.22. The fourth-order valence-corrected chi connectivity index (χ4v) is 5.84. The molecule has 3 amide bonds. The zero-order chi connectivity index (χ0) is 31.9. The highest BCUT2D eigenvalue weighted by molar-refractivity contribution is 9.10. The number of rotatable bonds is 14. The van der Waals surface area contributed by atoms with Crippen LogP contribution < -0.4 is 27.0 Å². The summed E-state index contributed by atoms with van der Waals surface area (Å²) in [6.07, 6.45) is 1.90. The fourth-order valence-electron chi connectivity index (χ4n) is 5.09. The predicted octanol–water partition coefficient (Wildman–Crippen LogP) is 4.93. The molecule has 7 N–H and O–H groups in total. The van der Waals surface area contributed by atoms with Gasteiger partial charge in [0.05, 0.1) is 18.0 Å². The van der Waals surface area contributed by atoms with Crippen LogP contribution in [0.1, 0.15) is 40.7 Å². The molecule has 2 atom stereocenters.